The highest BCUT2D eigenvalue weighted by Gasteiger charge is 2.35. The molecular formula is C20H16F3N3OS2. The Balaban J connectivity index is 1.77. The zero-order valence-corrected chi connectivity index (χ0v) is 16.7. The summed E-state index contributed by atoms with van der Waals surface area (Å²) < 4.78 is 39.3. The summed E-state index contributed by atoms with van der Waals surface area (Å²) in [7, 11) is 0. The van der Waals surface area contributed by atoms with Crippen LogP contribution in [0.5, 0.6) is 0 Å². The van der Waals surface area contributed by atoms with E-state index in [1.807, 2.05) is 12.1 Å². The molecule has 0 aliphatic carbocycles. The SMILES string of the molecule is C=CCSc1ccccc1NC(=O)CSc1nc(C(F)(F)F)nc2ccccc12. The van der Waals surface area contributed by atoms with Gasteiger partial charge in [-0.05, 0) is 18.2 Å². The minimum Gasteiger partial charge on any atom is -0.324 e. The van der Waals surface area contributed by atoms with Crippen LogP contribution in [-0.4, -0.2) is 27.4 Å². The number of benzene rings is 2. The smallest absolute Gasteiger partial charge is 0.324 e. The molecule has 1 amide bonds. The maximum absolute atomic E-state index is 13.1. The molecule has 0 unspecified atom stereocenters. The third kappa shape index (κ3) is 5.51. The van der Waals surface area contributed by atoms with Gasteiger partial charge < -0.3 is 5.32 Å². The number of alkyl halides is 3. The van der Waals surface area contributed by atoms with Crippen LogP contribution in [0.4, 0.5) is 18.9 Å². The monoisotopic (exact) mass is 435 g/mol. The Morgan fingerprint density at radius 1 is 1.07 bits per heavy atom. The molecule has 3 aromatic rings. The van der Waals surface area contributed by atoms with Gasteiger partial charge in [0.05, 0.1) is 17.0 Å². The van der Waals surface area contributed by atoms with Crippen LogP contribution in [0.1, 0.15) is 5.82 Å². The van der Waals surface area contributed by atoms with Gasteiger partial charge in [-0.3, -0.25) is 4.79 Å². The van der Waals surface area contributed by atoms with Gasteiger partial charge in [-0.1, -0.05) is 48.2 Å². The van der Waals surface area contributed by atoms with Crippen molar-refractivity contribution in [3.05, 3.63) is 67.0 Å². The normalized spacial score (nSPS) is 11.4. The first-order valence-corrected chi connectivity index (χ1v) is 10.4. The second-order valence-corrected chi connectivity index (χ2v) is 7.83. The molecule has 0 atom stereocenters. The summed E-state index contributed by atoms with van der Waals surface area (Å²) in [4.78, 5) is 20.5. The van der Waals surface area contributed by atoms with Crippen molar-refractivity contribution in [2.24, 2.45) is 0 Å². The quantitative estimate of drug-likeness (QED) is 0.295. The van der Waals surface area contributed by atoms with Crippen LogP contribution in [0.25, 0.3) is 10.9 Å². The summed E-state index contributed by atoms with van der Waals surface area (Å²) in [6.45, 7) is 3.67. The summed E-state index contributed by atoms with van der Waals surface area (Å²) in [6.07, 6.45) is -2.90. The Morgan fingerprint density at radius 3 is 2.55 bits per heavy atom. The third-order valence-corrected chi connectivity index (χ3v) is 5.74. The molecule has 0 aliphatic heterocycles. The first-order valence-electron chi connectivity index (χ1n) is 8.48. The van der Waals surface area contributed by atoms with Crippen LogP contribution >= 0.6 is 23.5 Å². The van der Waals surface area contributed by atoms with Crippen molar-refractivity contribution >= 4 is 46.0 Å². The molecule has 0 fully saturated rings. The van der Waals surface area contributed by atoms with Crippen LogP contribution in [0.15, 0.2) is 71.1 Å². The highest BCUT2D eigenvalue weighted by Crippen LogP contribution is 2.32. The molecule has 1 aromatic heterocycles. The lowest BCUT2D eigenvalue weighted by molar-refractivity contribution is -0.145. The molecule has 0 spiro atoms. The van der Waals surface area contributed by atoms with E-state index in [0.29, 0.717) is 16.8 Å². The number of carbonyl (C=O) groups is 1. The fourth-order valence-electron chi connectivity index (χ4n) is 2.45. The number of carbonyl (C=O) groups excluding carboxylic acids is 1. The first-order chi connectivity index (χ1) is 13.9. The molecule has 2 aromatic carbocycles. The van der Waals surface area contributed by atoms with Crippen LogP contribution in [0.2, 0.25) is 0 Å². The fourth-order valence-corrected chi connectivity index (χ4v) is 4.01. The van der Waals surface area contributed by atoms with Crippen LogP contribution < -0.4 is 5.32 Å². The van der Waals surface area contributed by atoms with E-state index >= 15 is 0 Å². The predicted molar refractivity (Wildman–Crippen MR) is 111 cm³/mol. The lowest BCUT2D eigenvalue weighted by Crippen LogP contribution is -2.15. The zero-order chi connectivity index (χ0) is 20.9. The summed E-state index contributed by atoms with van der Waals surface area (Å²) in [5, 5.41) is 3.39. The summed E-state index contributed by atoms with van der Waals surface area (Å²) in [5.41, 5.74) is 0.831. The summed E-state index contributed by atoms with van der Waals surface area (Å²) in [5.74, 6) is -0.948. The standard InChI is InChI=1S/C20H16F3N3OS2/c1-2-11-28-16-10-6-5-9-15(16)24-17(27)12-29-18-13-7-3-4-8-14(13)25-19(26-18)20(21,22)23/h2-10H,1,11-12H2,(H,24,27). The number of rotatable bonds is 7. The number of para-hydroxylation sites is 2. The number of anilines is 1. The van der Waals surface area contributed by atoms with Crippen molar-refractivity contribution < 1.29 is 18.0 Å². The molecule has 4 nitrogen and oxygen atoms in total. The Hall–Kier alpha value is -2.52. The molecule has 0 bridgehead atoms. The molecular weight excluding hydrogens is 419 g/mol. The van der Waals surface area contributed by atoms with Gasteiger partial charge in [0.1, 0.15) is 5.03 Å². The summed E-state index contributed by atoms with van der Waals surface area (Å²) >= 11 is 2.47. The molecule has 9 heteroatoms. The molecule has 3 rings (SSSR count). The molecule has 150 valence electrons. The van der Waals surface area contributed by atoms with E-state index in [2.05, 4.69) is 21.9 Å². The third-order valence-electron chi connectivity index (χ3n) is 3.68. The molecule has 0 saturated heterocycles. The summed E-state index contributed by atoms with van der Waals surface area (Å²) in [6, 6.07) is 13.7. The highest BCUT2D eigenvalue weighted by molar-refractivity contribution is 8.00. The molecule has 0 saturated carbocycles. The molecule has 0 radical (unpaired) electrons. The van der Waals surface area contributed by atoms with Crippen molar-refractivity contribution in [2.45, 2.75) is 16.1 Å². The van der Waals surface area contributed by atoms with E-state index in [1.165, 1.54) is 17.8 Å². The van der Waals surface area contributed by atoms with Crippen molar-refractivity contribution in [3.8, 4) is 0 Å². The van der Waals surface area contributed by atoms with Gasteiger partial charge in [0.15, 0.2) is 0 Å². The number of halogens is 3. The first kappa shape index (κ1) is 21.2. The second kappa shape index (κ2) is 9.32. The van der Waals surface area contributed by atoms with Gasteiger partial charge in [0.2, 0.25) is 11.7 Å². The number of amides is 1. The molecule has 0 aliphatic rings. The number of nitrogens with one attached hydrogen (secondary N) is 1. The molecule has 1 heterocycles. The van der Waals surface area contributed by atoms with Gasteiger partial charge in [-0.15, -0.1) is 18.3 Å². The Morgan fingerprint density at radius 2 is 1.79 bits per heavy atom. The number of thioether (sulfide) groups is 2. The van der Waals surface area contributed by atoms with Gasteiger partial charge in [-0.2, -0.15) is 13.2 Å². The maximum atomic E-state index is 13.1. The Labute approximate surface area is 174 Å². The van der Waals surface area contributed by atoms with E-state index in [-0.39, 0.29) is 22.2 Å². The minimum absolute atomic E-state index is 0.0846. The fraction of sp³-hybridized carbons (Fsp3) is 0.150. The van der Waals surface area contributed by atoms with E-state index < -0.39 is 12.0 Å². The van der Waals surface area contributed by atoms with Crippen LogP contribution in [0.3, 0.4) is 0 Å². The van der Waals surface area contributed by atoms with Crippen LogP contribution in [0, 0.1) is 0 Å². The lowest BCUT2D eigenvalue weighted by atomic mass is 10.2. The van der Waals surface area contributed by atoms with Crippen molar-refractivity contribution in [1.82, 2.24) is 9.97 Å². The maximum Gasteiger partial charge on any atom is 0.451 e. The average molecular weight is 435 g/mol. The van der Waals surface area contributed by atoms with Crippen molar-refractivity contribution in [2.75, 3.05) is 16.8 Å². The number of hydrogen-bond acceptors (Lipinski definition) is 5. The zero-order valence-electron chi connectivity index (χ0n) is 15.1. The number of fused-ring (bicyclic) bond motifs is 1. The largest absolute Gasteiger partial charge is 0.451 e. The average Bonchev–Trinajstić information content (AvgIpc) is 2.70. The Bertz CT molecular complexity index is 1040. The topological polar surface area (TPSA) is 54.9 Å². The van der Waals surface area contributed by atoms with Gasteiger partial charge >= 0.3 is 6.18 Å². The van der Waals surface area contributed by atoms with Crippen LogP contribution in [-0.2, 0) is 11.0 Å². The second-order valence-electron chi connectivity index (χ2n) is 5.80. The minimum atomic E-state index is -4.66. The van der Waals surface area contributed by atoms with Crippen molar-refractivity contribution in [3.63, 3.8) is 0 Å². The predicted octanol–water partition coefficient (Wildman–Crippen LogP) is 5.66. The van der Waals surface area contributed by atoms with E-state index in [9.17, 15) is 18.0 Å². The van der Waals surface area contributed by atoms with Crippen molar-refractivity contribution in [1.29, 1.82) is 0 Å². The molecule has 1 N–H and O–H groups in total. The Kier molecular flexibility index (Phi) is 6.81. The van der Waals surface area contributed by atoms with Gasteiger partial charge in [-0.25, -0.2) is 9.97 Å². The van der Waals surface area contributed by atoms with E-state index in [0.717, 1.165) is 16.7 Å². The van der Waals surface area contributed by atoms with Gasteiger partial charge in [0.25, 0.3) is 0 Å². The number of aromatic nitrogens is 2. The number of hydrogen-bond donors (Lipinski definition) is 1. The van der Waals surface area contributed by atoms with E-state index in [1.54, 1.807) is 36.4 Å². The van der Waals surface area contributed by atoms with E-state index in [4.69, 9.17) is 0 Å². The number of nitrogens with zero attached hydrogens (tertiary/aromatic N) is 2. The van der Waals surface area contributed by atoms with Gasteiger partial charge in [0, 0.05) is 16.0 Å². The highest BCUT2D eigenvalue weighted by atomic mass is 32.2. The molecule has 29 heavy (non-hydrogen) atoms. The lowest BCUT2D eigenvalue weighted by Gasteiger charge is -2.11.